The highest BCUT2D eigenvalue weighted by Crippen LogP contribution is 2.27. The van der Waals surface area contributed by atoms with E-state index in [1.54, 1.807) is 12.4 Å². The Labute approximate surface area is 187 Å². The van der Waals surface area contributed by atoms with Crippen molar-refractivity contribution < 1.29 is 4.79 Å². The Morgan fingerprint density at radius 3 is 2.50 bits per heavy atom. The second-order valence-electron chi connectivity index (χ2n) is 7.74. The van der Waals surface area contributed by atoms with Gasteiger partial charge in [-0.15, -0.1) is 0 Å². The number of amides is 1. The monoisotopic (exact) mass is 421 g/mol. The van der Waals surface area contributed by atoms with Crippen LogP contribution in [-0.2, 0) is 19.5 Å². The third-order valence-corrected chi connectivity index (χ3v) is 5.63. The molecule has 0 radical (unpaired) electrons. The smallest absolute Gasteiger partial charge is 0.256 e. The minimum atomic E-state index is -0.205. The Morgan fingerprint density at radius 1 is 0.906 bits per heavy atom. The summed E-state index contributed by atoms with van der Waals surface area (Å²) in [6.07, 6.45) is 4.27. The van der Waals surface area contributed by atoms with Gasteiger partial charge in [-0.3, -0.25) is 9.78 Å². The number of hydrogen-bond donors (Lipinski definition) is 1. The Kier molecular flexibility index (Phi) is 5.58. The molecule has 32 heavy (non-hydrogen) atoms. The summed E-state index contributed by atoms with van der Waals surface area (Å²) in [5.41, 5.74) is 4.81. The van der Waals surface area contributed by atoms with Crippen molar-refractivity contribution >= 4 is 11.7 Å². The van der Waals surface area contributed by atoms with Crippen LogP contribution in [-0.4, -0.2) is 27.4 Å². The van der Waals surface area contributed by atoms with Crippen molar-refractivity contribution in [1.82, 2.24) is 20.3 Å². The minimum Gasteiger partial charge on any atom is -0.351 e. The van der Waals surface area contributed by atoms with Crippen molar-refractivity contribution in [1.29, 1.82) is 0 Å². The number of carbonyl (C=O) groups is 1. The van der Waals surface area contributed by atoms with E-state index in [0.29, 0.717) is 30.3 Å². The molecule has 0 spiro atoms. The molecule has 0 bridgehead atoms. The van der Waals surface area contributed by atoms with Gasteiger partial charge in [0, 0.05) is 31.0 Å². The second-order valence-corrected chi connectivity index (χ2v) is 7.74. The number of benzene rings is 2. The first-order valence-corrected chi connectivity index (χ1v) is 10.7. The summed E-state index contributed by atoms with van der Waals surface area (Å²) >= 11 is 0. The van der Waals surface area contributed by atoms with Crippen LogP contribution in [0.25, 0.3) is 11.4 Å². The van der Waals surface area contributed by atoms with Gasteiger partial charge in [-0.25, -0.2) is 9.97 Å². The number of hydrogen-bond acceptors (Lipinski definition) is 5. The van der Waals surface area contributed by atoms with Crippen LogP contribution in [0.5, 0.6) is 0 Å². The number of rotatable bonds is 5. The van der Waals surface area contributed by atoms with Crippen LogP contribution < -0.4 is 10.2 Å². The molecule has 3 heterocycles. The first-order chi connectivity index (χ1) is 15.8. The van der Waals surface area contributed by atoms with Crippen molar-refractivity contribution in [3.63, 3.8) is 0 Å². The van der Waals surface area contributed by atoms with E-state index in [4.69, 9.17) is 4.98 Å². The van der Waals surface area contributed by atoms with Crippen LogP contribution in [0.3, 0.4) is 0 Å². The molecule has 0 unspecified atom stereocenters. The third kappa shape index (κ3) is 4.21. The average molecular weight is 422 g/mol. The molecule has 158 valence electrons. The topological polar surface area (TPSA) is 71.0 Å². The lowest BCUT2D eigenvalue weighted by atomic mass is 9.99. The fourth-order valence-corrected chi connectivity index (χ4v) is 3.95. The molecule has 0 fully saturated rings. The summed E-state index contributed by atoms with van der Waals surface area (Å²) in [7, 11) is 0. The van der Waals surface area contributed by atoms with Crippen molar-refractivity contribution in [3.8, 4) is 11.4 Å². The van der Waals surface area contributed by atoms with Crippen molar-refractivity contribution in [3.05, 3.63) is 108 Å². The maximum absolute atomic E-state index is 13.1. The van der Waals surface area contributed by atoms with Crippen LogP contribution in [0.15, 0.2) is 85.2 Å². The fraction of sp³-hybridized carbons (Fsp3) is 0.154. The molecule has 1 amide bonds. The molecule has 0 aliphatic carbocycles. The van der Waals surface area contributed by atoms with E-state index in [0.717, 1.165) is 24.2 Å². The van der Waals surface area contributed by atoms with Crippen LogP contribution in [0.4, 0.5) is 5.82 Å². The highest BCUT2D eigenvalue weighted by Gasteiger charge is 2.24. The van der Waals surface area contributed by atoms with Crippen LogP contribution in [0, 0.1) is 0 Å². The molecule has 0 saturated carbocycles. The Bertz CT molecular complexity index is 1230. The normalized spacial score (nSPS) is 12.8. The molecule has 4 aromatic rings. The van der Waals surface area contributed by atoms with Crippen molar-refractivity contribution in [2.24, 2.45) is 0 Å². The lowest BCUT2D eigenvalue weighted by Gasteiger charge is -2.31. The van der Waals surface area contributed by atoms with Gasteiger partial charge in [-0.05, 0) is 29.7 Å². The molecule has 5 rings (SSSR count). The number of carbonyl (C=O) groups excluding carboxylic acids is 1. The standard InChI is InChI=1S/C26H23N5O/c32-26(29-16-22-12-6-7-14-27-22)23-17-28-24(20-9-2-1-3-10-20)30-25(23)31-15-13-19-8-4-5-11-21(19)18-31/h1-12,14,17H,13,15-16,18H2,(H,29,32). The van der Waals surface area contributed by atoms with Gasteiger partial charge >= 0.3 is 0 Å². The third-order valence-electron chi connectivity index (χ3n) is 5.63. The second kappa shape index (κ2) is 8.98. The largest absolute Gasteiger partial charge is 0.351 e. The molecule has 6 nitrogen and oxygen atoms in total. The van der Waals surface area contributed by atoms with E-state index in [9.17, 15) is 4.79 Å². The Balaban J connectivity index is 1.48. The molecule has 0 saturated heterocycles. The summed E-state index contributed by atoms with van der Waals surface area (Å²) in [6.45, 7) is 1.85. The molecular weight excluding hydrogens is 398 g/mol. The van der Waals surface area contributed by atoms with Crippen molar-refractivity contribution in [2.45, 2.75) is 19.5 Å². The summed E-state index contributed by atoms with van der Waals surface area (Å²) in [4.78, 5) is 28.9. The summed E-state index contributed by atoms with van der Waals surface area (Å²) < 4.78 is 0. The van der Waals surface area contributed by atoms with E-state index >= 15 is 0 Å². The zero-order valence-electron chi connectivity index (χ0n) is 17.6. The van der Waals surface area contributed by atoms with Gasteiger partial charge in [0.2, 0.25) is 0 Å². The quantitative estimate of drug-likeness (QED) is 0.527. The predicted molar refractivity (Wildman–Crippen MR) is 124 cm³/mol. The first-order valence-electron chi connectivity index (χ1n) is 10.7. The molecule has 1 N–H and O–H groups in total. The highest BCUT2D eigenvalue weighted by molar-refractivity contribution is 5.99. The van der Waals surface area contributed by atoms with Crippen molar-refractivity contribution in [2.75, 3.05) is 11.4 Å². The van der Waals surface area contributed by atoms with E-state index in [1.165, 1.54) is 11.1 Å². The highest BCUT2D eigenvalue weighted by atomic mass is 16.1. The molecule has 2 aromatic carbocycles. The minimum absolute atomic E-state index is 0.205. The summed E-state index contributed by atoms with van der Waals surface area (Å²) in [6, 6.07) is 23.9. The number of pyridine rings is 1. The predicted octanol–water partition coefficient (Wildman–Crippen LogP) is 4.03. The number of anilines is 1. The van der Waals surface area contributed by atoms with Gasteiger partial charge in [-0.1, -0.05) is 60.7 Å². The Hall–Kier alpha value is -4.06. The van der Waals surface area contributed by atoms with E-state index < -0.39 is 0 Å². The average Bonchev–Trinajstić information content (AvgIpc) is 2.88. The van der Waals surface area contributed by atoms with E-state index in [2.05, 4.69) is 44.5 Å². The van der Waals surface area contributed by atoms with Gasteiger partial charge in [0.05, 0.1) is 12.2 Å². The van der Waals surface area contributed by atoms with Gasteiger partial charge < -0.3 is 10.2 Å². The van der Waals surface area contributed by atoms with Crippen LogP contribution in [0.1, 0.15) is 27.2 Å². The fourth-order valence-electron chi connectivity index (χ4n) is 3.95. The van der Waals surface area contributed by atoms with Crippen LogP contribution >= 0.6 is 0 Å². The van der Waals surface area contributed by atoms with E-state index in [1.807, 2.05) is 48.5 Å². The molecule has 1 aliphatic rings. The molecular formula is C26H23N5O. The number of fused-ring (bicyclic) bond motifs is 1. The maximum Gasteiger partial charge on any atom is 0.256 e. The van der Waals surface area contributed by atoms with E-state index in [-0.39, 0.29) is 5.91 Å². The summed E-state index contributed by atoms with van der Waals surface area (Å²) in [5.74, 6) is 1.07. The molecule has 6 heteroatoms. The zero-order chi connectivity index (χ0) is 21.8. The molecule has 0 atom stereocenters. The zero-order valence-corrected chi connectivity index (χ0v) is 17.6. The molecule has 2 aromatic heterocycles. The first kappa shape index (κ1) is 19.9. The van der Waals surface area contributed by atoms with Gasteiger partial charge in [0.25, 0.3) is 5.91 Å². The van der Waals surface area contributed by atoms with Gasteiger partial charge in [-0.2, -0.15) is 0 Å². The van der Waals surface area contributed by atoms with Gasteiger partial charge in [0.15, 0.2) is 5.82 Å². The Morgan fingerprint density at radius 2 is 1.69 bits per heavy atom. The summed E-state index contributed by atoms with van der Waals surface area (Å²) in [5, 5.41) is 2.97. The molecule has 1 aliphatic heterocycles. The van der Waals surface area contributed by atoms with Gasteiger partial charge in [0.1, 0.15) is 11.4 Å². The lowest BCUT2D eigenvalue weighted by molar-refractivity contribution is 0.0950. The lowest BCUT2D eigenvalue weighted by Crippen LogP contribution is -2.34. The van der Waals surface area contributed by atoms with Crippen LogP contribution in [0.2, 0.25) is 0 Å². The number of nitrogens with one attached hydrogen (secondary N) is 1. The SMILES string of the molecule is O=C(NCc1ccccn1)c1cnc(-c2ccccc2)nc1N1CCc2ccccc2C1. The number of nitrogens with zero attached hydrogens (tertiary/aromatic N) is 4. The number of aromatic nitrogens is 3. The maximum atomic E-state index is 13.1.